The highest BCUT2D eigenvalue weighted by molar-refractivity contribution is 4.97. The first-order valence-electron chi connectivity index (χ1n) is 7.76. The van der Waals surface area contributed by atoms with Crippen molar-refractivity contribution in [1.29, 1.82) is 0 Å². The summed E-state index contributed by atoms with van der Waals surface area (Å²) in [6, 6.07) is 2.60. The van der Waals surface area contributed by atoms with Gasteiger partial charge in [-0.1, -0.05) is 13.8 Å². The first-order valence-corrected chi connectivity index (χ1v) is 7.76. The lowest BCUT2D eigenvalue weighted by molar-refractivity contribution is 0.0259. The normalized spacial score (nSPS) is 38.3. The van der Waals surface area contributed by atoms with Gasteiger partial charge in [0.25, 0.3) is 0 Å². The molecule has 2 fully saturated rings. The molecular weight excluding hydrogens is 208 g/mol. The van der Waals surface area contributed by atoms with Crippen molar-refractivity contribution in [2.75, 3.05) is 13.1 Å². The van der Waals surface area contributed by atoms with Gasteiger partial charge in [-0.15, -0.1) is 0 Å². The van der Waals surface area contributed by atoms with Gasteiger partial charge in [-0.3, -0.25) is 4.90 Å². The van der Waals surface area contributed by atoms with Crippen LogP contribution in [0.15, 0.2) is 0 Å². The maximum atomic E-state index is 3.61. The summed E-state index contributed by atoms with van der Waals surface area (Å²) in [6.45, 7) is 9.48. The van der Waals surface area contributed by atoms with Gasteiger partial charge in [0.2, 0.25) is 0 Å². The molecule has 4 atom stereocenters. The lowest BCUT2D eigenvalue weighted by Crippen LogP contribution is -2.54. The van der Waals surface area contributed by atoms with Crippen molar-refractivity contribution >= 4 is 0 Å². The molecule has 0 amide bonds. The van der Waals surface area contributed by atoms with Gasteiger partial charge < -0.3 is 5.32 Å². The predicted octanol–water partition coefficient (Wildman–Crippen LogP) is 3.03. The SMILES string of the molecule is CCCNCC1CCC1N1C(C)CCC1CC. The van der Waals surface area contributed by atoms with E-state index in [0.717, 1.165) is 24.0 Å². The Morgan fingerprint density at radius 2 is 1.94 bits per heavy atom. The zero-order valence-corrected chi connectivity index (χ0v) is 11.9. The van der Waals surface area contributed by atoms with Crippen molar-refractivity contribution in [2.45, 2.75) is 77.4 Å². The summed E-state index contributed by atoms with van der Waals surface area (Å²) < 4.78 is 0. The standard InChI is InChI=1S/C15H30N2/c1-4-10-16-11-13-7-9-15(13)17-12(3)6-8-14(17)5-2/h12-16H,4-11H2,1-3H3. The summed E-state index contributed by atoms with van der Waals surface area (Å²) in [7, 11) is 0. The molecule has 100 valence electrons. The van der Waals surface area contributed by atoms with Crippen LogP contribution < -0.4 is 5.32 Å². The molecule has 0 aromatic heterocycles. The number of likely N-dealkylation sites (tertiary alicyclic amines) is 1. The van der Waals surface area contributed by atoms with Crippen LogP contribution >= 0.6 is 0 Å². The third kappa shape index (κ3) is 2.85. The molecule has 1 saturated carbocycles. The van der Waals surface area contributed by atoms with Crippen LogP contribution in [0.5, 0.6) is 0 Å². The predicted molar refractivity (Wildman–Crippen MR) is 74.3 cm³/mol. The van der Waals surface area contributed by atoms with Crippen LogP contribution in [0.3, 0.4) is 0 Å². The van der Waals surface area contributed by atoms with E-state index in [1.165, 1.54) is 51.6 Å². The molecule has 0 aromatic carbocycles. The molecule has 4 unspecified atom stereocenters. The van der Waals surface area contributed by atoms with E-state index in [9.17, 15) is 0 Å². The van der Waals surface area contributed by atoms with E-state index in [2.05, 4.69) is 31.0 Å². The Hall–Kier alpha value is -0.0800. The number of hydrogen-bond donors (Lipinski definition) is 1. The van der Waals surface area contributed by atoms with Crippen molar-refractivity contribution in [3.8, 4) is 0 Å². The second-order valence-electron chi connectivity index (χ2n) is 6.04. The van der Waals surface area contributed by atoms with Gasteiger partial charge >= 0.3 is 0 Å². The fraction of sp³-hybridized carbons (Fsp3) is 1.00. The van der Waals surface area contributed by atoms with E-state index < -0.39 is 0 Å². The van der Waals surface area contributed by atoms with Gasteiger partial charge in [-0.05, 0) is 64.5 Å². The topological polar surface area (TPSA) is 15.3 Å². The van der Waals surface area contributed by atoms with Crippen LogP contribution in [-0.2, 0) is 0 Å². The Bertz CT molecular complexity index is 229. The monoisotopic (exact) mass is 238 g/mol. The summed E-state index contributed by atoms with van der Waals surface area (Å²) in [5.41, 5.74) is 0. The smallest absolute Gasteiger partial charge is 0.0141 e. The molecule has 1 heterocycles. The van der Waals surface area contributed by atoms with E-state index in [1.54, 1.807) is 0 Å². The van der Waals surface area contributed by atoms with Gasteiger partial charge in [-0.25, -0.2) is 0 Å². The van der Waals surface area contributed by atoms with Gasteiger partial charge in [0.1, 0.15) is 0 Å². The zero-order chi connectivity index (χ0) is 12.3. The zero-order valence-electron chi connectivity index (χ0n) is 11.9. The maximum absolute atomic E-state index is 3.61. The third-order valence-electron chi connectivity index (χ3n) is 4.91. The molecule has 2 rings (SSSR count). The number of rotatable bonds is 6. The van der Waals surface area contributed by atoms with Crippen LogP contribution in [0.25, 0.3) is 0 Å². The van der Waals surface area contributed by atoms with Crippen LogP contribution in [-0.4, -0.2) is 36.1 Å². The second kappa shape index (κ2) is 6.19. The maximum Gasteiger partial charge on any atom is 0.0141 e. The molecule has 17 heavy (non-hydrogen) atoms. The molecule has 0 aromatic rings. The summed E-state index contributed by atoms with van der Waals surface area (Å²) in [6.07, 6.45) is 8.35. The number of nitrogens with one attached hydrogen (secondary N) is 1. The van der Waals surface area contributed by atoms with Crippen LogP contribution in [0.1, 0.15) is 59.3 Å². The van der Waals surface area contributed by atoms with E-state index in [-0.39, 0.29) is 0 Å². The average Bonchev–Trinajstić information content (AvgIpc) is 2.65. The van der Waals surface area contributed by atoms with Gasteiger partial charge in [0, 0.05) is 18.1 Å². The molecule has 1 saturated heterocycles. The third-order valence-corrected chi connectivity index (χ3v) is 4.91. The van der Waals surface area contributed by atoms with Crippen molar-refractivity contribution in [1.82, 2.24) is 10.2 Å². The van der Waals surface area contributed by atoms with Crippen LogP contribution in [0.4, 0.5) is 0 Å². The minimum Gasteiger partial charge on any atom is -0.316 e. The minimum absolute atomic E-state index is 0.832. The lowest BCUT2D eigenvalue weighted by Gasteiger charge is -2.47. The highest BCUT2D eigenvalue weighted by Gasteiger charge is 2.42. The molecule has 1 N–H and O–H groups in total. The Morgan fingerprint density at radius 3 is 2.53 bits per heavy atom. The summed E-state index contributed by atoms with van der Waals surface area (Å²) >= 11 is 0. The highest BCUT2D eigenvalue weighted by Crippen LogP contribution is 2.39. The Balaban J connectivity index is 1.84. The van der Waals surface area contributed by atoms with Crippen molar-refractivity contribution < 1.29 is 0 Å². The molecule has 2 heteroatoms. The summed E-state index contributed by atoms with van der Waals surface area (Å²) in [5, 5.41) is 3.61. The molecule has 0 bridgehead atoms. The Morgan fingerprint density at radius 1 is 1.12 bits per heavy atom. The lowest BCUT2D eigenvalue weighted by atomic mass is 9.77. The van der Waals surface area contributed by atoms with Crippen molar-refractivity contribution in [3.63, 3.8) is 0 Å². The molecule has 0 spiro atoms. The molecular formula is C15H30N2. The van der Waals surface area contributed by atoms with Crippen molar-refractivity contribution in [3.05, 3.63) is 0 Å². The van der Waals surface area contributed by atoms with E-state index >= 15 is 0 Å². The average molecular weight is 238 g/mol. The van der Waals surface area contributed by atoms with Gasteiger partial charge in [-0.2, -0.15) is 0 Å². The second-order valence-corrected chi connectivity index (χ2v) is 6.04. The van der Waals surface area contributed by atoms with E-state index in [1.807, 2.05) is 0 Å². The molecule has 0 radical (unpaired) electrons. The Labute approximate surface area is 107 Å². The quantitative estimate of drug-likeness (QED) is 0.716. The molecule has 1 aliphatic carbocycles. The fourth-order valence-electron chi connectivity index (χ4n) is 3.75. The van der Waals surface area contributed by atoms with Crippen LogP contribution in [0, 0.1) is 5.92 Å². The fourth-order valence-corrected chi connectivity index (χ4v) is 3.75. The van der Waals surface area contributed by atoms with Gasteiger partial charge in [0.15, 0.2) is 0 Å². The number of nitrogens with zero attached hydrogens (tertiary/aromatic N) is 1. The van der Waals surface area contributed by atoms with Crippen molar-refractivity contribution in [2.24, 2.45) is 5.92 Å². The van der Waals surface area contributed by atoms with Crippen LogP contribution in [0.2, 0.25) is 0 Å². The molecule has 2 aliphatic rings. The van der Waals surface area contributed by atoms with E-state index in [4.69, 9.17) is 0 Å². The first-order chi connectivity index (χ1) is 8.27. The minimum atomic E-state index is 0.832. The molecule has 1 aliphatic heterocycles. The van der Waals surface area contributed by atoms with Gasteiger partial charge in [0.05, 0.1) is 0 Å². The van der Waals surface area contributed by atoms with E-state index in [0.29, 0.717) is 0 Å². The highest BCUT2D eigenvalue weighted by atomic mass is 15.2. The summed E-state index contributed by atoms with van der Waals surface area (Å²) in [4.78, 5) is 2.86. The summed E-state index contributed by atoms with van der Waals surface area (Å²) in [5.74, 6) is 0.927. The molecule has 2 nitrogen and oxygen atoms in total. The Kier molecular flexibility index (Phi) is 4.87. The number of hydrogen-bond acceptors (Lipinski definition) is 2. The largest absolute Gasteiger partial charge is 0.316 e. The first kappa shape index (κ1) is 13.4.